The number of hydrogen-bond acceptors (Lipinski definition) is 8. The number of aryl methyl sites for hydroxylation is 2. The second kappa shape index (κ2) is 8.86. The zero-order chi connectivity index (χ0) is 22.6. The molecule has 0 saturated heterocycles. The predicted octanol–water partition coefficient (Wildman–Crippen LogP) is 2.88. The van der Waals surface area contributed by atoms with E-state index < -0.39 is 43.0 Å². The van der Waals surface area contributed by atoms with Crippen molar-refractivity contribution in [3.8, 4) is 0 Å². The van der Waals surface area contributed by atoms with Gasteiger partial charge in [0.05, 0.1) is 27.0 Å². The molecule has 0 atom stereocenters. The highest BCUT2D eigenvalue weighted by Crippen LogP contribution is 2.32. The molecular formula is C18H19N3O8S. The fraction of sp³-hybridized carbons (Fsp3) is 0.278. The number of anilines is 1. The van der Waals surface area contributed by atoms with Crippen LogP contribution in [0.2, 0.25) is 0 Å². The number of esters is 1. The molecule has 2 rings (SSSR count). The van der Waals surface area contributed by atoms with Crippen molar-refractivity contribution in [2.75, 3.05) is 17.5 Å². The molecule has 30 heavy (non-hydrogen) atoms. The van der Waals surface area contributed by atoms with Gasteiger partial charge in [0.25, 0.3) is 21.4 Å². The average Bonchev–Trinajstić information content (AvgIpc) is 2.66. The Bertz CT molecular complexity index is 1110. The second-order valence-corrected chi connectivity index (χ2v) is 8.11. The van der Waals surface area contributed by atoms with Crippen LogP contribution in [0.15, 0.2) is 41.3 Å². The van der Waals surface area contributed by atoms with Crippen LogP contribution in [0, 0.1) is 34.1 Å². The van der Waals surface area contributed by atoms with E-state index in [1.165, 1.54) is 38.1 Å². The van der Waals surface area contributed by atoms with Gasteiger partial charge in [0.1, 0.15) is 6.54 Å². The van der Waals surface area contributed by atoms with E-state index in [0.717, 1.165) is 12.1 Å². The van der Waals surface area contributed by atoms with E-state index in [9.17, 15) is 33.4 Å². The molecule has 0 aliphatic carbocycles. The van der Waals surface area contributed by atoms with Crippen molar-refractivity contribution in [1.82, 2.24) is 0 Å². The van der Waals surface area contributed by atoms with Gasteiger partial charge in [-0.3, -0.25) is 29.3 Å². The van der Waals surface area contributed by atoms with Crippen LogP contribution < -0.4 is 4.31 Å². The minimum absolute atomic E-state index is 0.00333. The van der Waals surface area contributed by atoms with E-state index in [1.807, 2.05) is 0 Å². The Hall–Kier alpha value is -3.54. The number of ether oxygens (including phenoxy) is 1. The molecule has 160 valence electrons. The number of carbonyl (C=O) groups excluding carboxylic acids is 1. The van der Waals surface area contributed by atoms with Gasteiger partial charge in [-0.1, -0.05) is 12.1 Å². The van der Waals surface area contributed by atoms with Gasteiger partial charge < -0.3 is 4.74 Å². The molecule has 0 radical (unpaired) electrons. The fourth-order valence-corrected chi connectivity index (χ4v) is 4.16. The third kappa shape index (κ3) is 4.71. The van der Waals surface area contributed by atoms with Crippen molar-refractivity contribution in [2.45, 2.75) is 25.7 Å². The summed E-state index contributed by atoms with van der Waals surface area (Å²) < 4.78 is 32.1. The highest BCUT2D eigenvalue weighted by molar-refractivity contribution is 7.92. The minimum Gasteiger partial charge on any atom is -0.465 e. The van der Waals surface area contributed by atoms with E-state index in [-0.39, 0.29) is 23.5 Å². The zero-order valence-electron chi connectivity index (χ0n) is 16.4. The normalized spacial score (nSPS) is 11.0. The molecule has 0 aromatic heterocycles. The van der Waals surface area contributed by atoms with Gasteiger partial charge in [-0.25, -0.2) is 8.42 Å². The predicted molar refractivity (Wildman–Crippen MR) is 107 cm³/mol. The number of benzene rings is 2. The Morgan fingerprint density at radius 1 is 1.03 bits per heavy atom. The summed E-state index contributed by atoms with van der Waals surface area (Å²) in [5.41, 5.74) is -0.310. The van der Waals surface area contributed by atoms with Gasteiger partial charge in [0.15, 0.2) is 0 Å². The highest BCUT2D eigenvalue weighted by atomic mass is 32.2. The summed E-state index contributed by atoms with van der Waals surface area (Å²) in [6.07, 6.45) is 0. The van der Waals surface area contributed by atoms with Crippen molar-refractivity contribution < 1.29 is 27.8 Å². The lowest BCUT2D eigenvalue weighted by Crippen LogP contribution is -2.37. The fourth-order valence-electron chi connectivity index (χ4n) is 2.68. The van der Waals surface area contributed by atoms with Gasteiger partial charge in [-0.05, 0) is 32.4 Å². The largest absolute Gasteiger partial charge is 0.465 e. The first-order valence-corrected chi connectivity index (χ1v) is 10.1. The quantitative estimate of drug-likeness (QED) is 0.347. The molecule has 0 N–H and O–H groups in total. The molecule has 0 saturated carbocycles. The van der Waals surface area contributed by atoms with Crippen molar-refractivity contribution in [3.63, 3.8) is 0 Å². The monoisotopic (exact) mass is 437 g/mol. The Kier molecular flexibility index (Phi) is 6.72. The first-order valence-electron chi connectivity index (χ1n) is 8.67. The summed E-state index contributed by atoms with van der Waals surface area (Å²) in [6.45, 7) is 3.75. The zero-order valence-corrected chi connectivity index (χ0v) is 17.2. The van der Waals surface area contributed by atoms with Crippen LogP contribution in [0.1, 0.15) is 18.1 Å². The van der Waals surface area contributed by atoms with Gasteiger partial charge in [0.2, 0.25) is 0 Å². The molecule has 0 fully saturated rings. The van der Waals surface area contributed by atoms with E-state index in [1.54, 1.807) is 6.92 Å². The van der Waals surface area contributed by atoms with Crippen LogP contribution in [-0.2, 0) is 19.6 Å². The number of rotatable bonds is 8. The lowest BCUT2D eigenvalue weighted by atomic mass is 10.2. The Labute approximate surface area is 172 Å². The molecule has 0 amide bonds. The first-order chi connectivity index (χ1) is 14.0. The molecule has 0 spiro atoms. The molecule has 2 aromatic rings. The van der Waals surface area contributed by atoms with Gasteiger partial charge in [-0.15, -0.1) is 0 Å². The summed E-state index contributed by atoms with van der Waals surface area (Å²) in [6, 6.07) is 6.89. The Balaban J connectivity index is 2.70. The van der Waals surface area contributed by atoms with Gasteiger partial charge in [-0.2, -0.15) is 0 Å². The summed E-state index contributed by atoms with van der Waals surface area (Å²) in [5, 5.41) is 22.4. The molecule has 0 aliphatic rings. The minimum atomic E-state index is -4.50. The number of carbonyl (C=O) groups is 1. The van der Waals surface area contributed by atoms with Crippen molar-refractivity contribution >= 4 is 33.1 Å². The van der Waals surface area contributed by atoms with Crippen molar-refractivity contribution in [3.05, 3.63) is 67.8 Å². The molecule has 0 unspecified atom stereocenters. The van der Waals surface area contributed by atoms with Crippen LogP contribution in [0.5, 0.6) is 0 Å². The third-order valence-electron chi connectivity index (χ3n) is 4.22. The van der Waals surface area contributed by atoms with Gasteiger partial charge >= 0.3 is 5.97 Å². The Morgan fingerprint density at radius 3 is 2.23 bits per heavy atom. The van der Waals surface area contributed by atoms with E-state index in [0.29, 0.717) is 9.87 Å². The van der Waals surface area contributed by atoms with E-state index in [2.05, 4.69) is 0 Å². The molecule has 0 heterocycles. The van der Waals surface area contributed by atoms with Crippen LogP contribution in [0.3, 0.4) is 0 Å². The number of non-ortho nitro benzene ring substituents is 1. The molecule has 0 aliphatic heterocycles. The number of hydrogen-bond donors (Lipinski definition) is 0. The Morgan fingerprint density at radius 2 is 1.67 bits per heavy atom. The van der Waals surface area contributed by atoms with E-state index >= 15 is 0 Å². The lowest BCUT2D eigenvalue weighted by molar-refractivity contribution is -0.385. The number of sulfonamides is 1. The molecule has 0 bridgehead atoms. The molecular weight excluding hydrogens is 418 g/mol. The maximum atomic E-state index is 13.3. The highest BCUT2D eigenvalue weighted by Gasteiger charge is 2.31. The maximum Gasteiger partial charge on any atom is 0.326 e. The molecule has 11 nitrogen and oxygen atoms in total. The smallest absolute Gasteiger partial charge is 0.326 e. The van der Waals surface area contributed by atoms with Crippen molar-refractivity contribution in [1.29, 1.82) is 0 Å². The second-order valence-electron chi connectivity index (χ2n) is 6.25. The summed E-state index contributed by atoms with van der Waals surface area (Å²) in [5.74, 6) is -0.881. The standard InChI is InChI=1S/C18H19N3O8S/c1-4-29-18(22)11-19(16-9-14(20(23)24)7-5-12(16)2)30(27,28)15-8-6-13(3)17(10-15)21(25)26/h5-10H,4,11H2,1-3H3. The number of nitro groups is 2. The van der Waals surface area contributed by atoms with Crippen LogP contribution in [0.4, 0.5) is 17.1 Å². The van der Waals surface area contributed by atoms with Crippen LogP contribution in [0.25, 0.3) is 0 Å². The summed E-state index contributed by atoms with van der Waals surface area (Å²) in [7, 11) is -4.50. The lowest BCUT2D eigenvalue weighted by Gasteiger charge is -2.25. The number of nitro benzene ring substituents is 2. The SMILES string of the molecule is CCOC(=O)CN(c1cc([N+](=O)[O-])ccc1C)S(=O)(=O)c1ccc(C)c([N+](=O)[O-])c1. The summed E-state index contributed by atoms with van der Waals surface area (Å²) in [4.78, 5) is 32.6. The number of nitrogens with zero attached hydrogens (tertiary/aromatic N) is 3. The first kappa shape index (κ1) is 22.7. The topological polar surface area (TPSA) is 150 Å². The van der Waals surface area contributed by atoms with Gasteiger partial charge in [0, 0.05) is 23.8 Å². The van der Waals surface area contributed by atoms with Crippen LogP contribution in [-0.4, -0.2) is 37.4 Å². The summed E-state index contributed by atoms with van der Waals surface area (Å²) >= 11 is 0. The molecule has 2 aromatic carbocycles. The third-order valence-corrected chi connectivity index (χ3v) is 5.97. The van der Waals surface area contributed by atoms with Crippen LogP contribution >= 0.6 is 0 Å². The van der Waals surface area contributed by atoms with E-state index in [4.69, 9.17) is 4.74 Å². The van der Waals surface area contributed by atoms with Crippen molar-refractivity contribution in [2.24, 2.45) is 0 Å². The average molecular weight is 437 g/mol. The molecule has 12 heteroatoms. The maximum absolute atomic E-state index is 13.3.